The minimum atomic E-state index is -0.689. The smallest absolute Gasteiger partial charge is 0.303 e. The molecular formula is C30H34ClN3O3. The van der Waals surface area contributed by atoms with Crippen LogP contribution in [-0.2, 0) is 4.79 Å². The number of aliphatic imine (C=N–C) groups is 1. The number of carboxylic acids is 1. The third kappa shape index (κ3) is 6.75. The van der Waals surface area contributed by atoms with Gasteiger partial charge in [0.1, 0.15) is 0 Å². The highest BCUT2D eigenvalue weighted by atomic mass is 35.5. The number of hydrogen-bond acceptors (Lipinski definition) is 5. The number of aliphatic carboxylic acids is 1. The molecule has 2 heterocycles. The summed E-state index contributed by atoms with van der Waals surface area (Å²) >= 11 is 6.77. The van der Waals surface area contributed by atoms with Gasteiger partial charge >= 0.3 is 5.97 Å². The van der Waals surface area contributed by atoms with E-state index in [-0.39, 0.29) is 6.42 Å². The Balaban J connectivity index is 1.51. The van der Waals surface area contributed by atoms with Gasteiger partial charge in [0.2, 0.25) is 5.88 Å². The molecule has 1 aliphatic carbocycles. The van der Waals surface area contributed by atoms with Gasteiger partial charge in [-0.15, -0.1) is 0 Å². The Morgan fingerprint density at radius 1 is 1.14 bits per heavy atom. The van der Waals surface area contributed by atoms with Crippen molar-refractivity contribution in [2.24, 2.45) is 10.9 Å². The summed E-state index contributed by atoms with van der Waals surface area (Å²) in [5.41, 5.74) is 6.44. The fourth-order valence-corrected chi connectivity index (χ4v) is 5.33. The summed E-state index contributed by atoms with van der Waals surface area (Å²) in [7, 11) is 1.60. The highest BCUT2D eigenvalue weighted by Crippen LogP contribution is 2.37. The van der Waals surface area contributed by atoms with Gasteiger partial charge < -0.3 is 9.84 Å². The maximum absolute atomic E-state index is 11.0. The highest BCUT2D eigenvalue weighted by molar-refractivity contribution is 6.34. The number of pyridine rings is 2. The predicted molar refractivity (Wildman–Crippen MR) is 148 cm³/mol. The maximum Gasteiger partial charge on any atom is 0.303 e. The average Bonchev–Trinajstić information content (AvgIpc) is 2.89. The number of ether oxygens (including phenoxy) is 1. The molecule has 1 N–H and O–H groups in total. The molecule has 0 bridgehead atoms. The summed E-state index contributed by atoms with van der Waals surface area (Å²) in [5.74, 6) is 0.672. The Hall–Kier alpha value is -3.25. The van der Waals surface area contributed by atoms with Gasteiger partial charge in [0, 0.05) is 29.8 Å². The number of carboxylic acid groups (broad SMARTS) is 1. The summed E-state index contributed by atoms with van der Waals surface area (Å²) in [6.45, 7) is 4.03. The lowest BCUT2D eigenvalue weighted by atomic mass is 9.77. The minimum absolute atomic E-state index is 0.287. The molecule has 1 fully saturated rings. The van der Waals surface area contributed by atoms with Gasteiger partial charge in [-0.05, 0) is 68.6 Å². The molecule has 7 heteroatoms. The van der Waals surface area contributed by atoms with Crippen molar-refractivity contribution in [3.8, 4) is 17.1 Å². The van der Waals surface area contributed by atoms with E-state index in [0.29, 0.717) is 22.7 Å². The molecule has 0 unspecified atom stereocenters. The second-order valence-corrected chi connectivity index (χ2v) is 10.2. The van der Waals surface area contributed by atoms with Crippen LogP contribution < -0.4 is 4.74 Å². The van der Waals surface area contributed by atoms with Crippen LogP contribution in [0.4, 0.5) is 5.69 Å². The number of aryl methyl sites for hydroxylation is 1. The van der Waals surface area contributed by atoms with Crippen LogP contribution in [0.15, 0.2) is 53.7 Å². The summed E-state index contributed by atoms with van der Waals surface area (Å²) in [5, 5.41) is 9.67. The van der Waals surface area contributed by atoms with Crippen molar-refractivity contribution in [3.63, 3.8) is 0 Å². The van der Waals surface area contributed by atoms with Crippen LogP contribution in [0, 0.1) is 12.8 Å². The van der Waals surface area contributed by atoms with Crippen LogP contribution in [0.2, 0.25) is 5.02 Å². The van der Waals surface area contributed by atoms with Gasteiger partial charge in [0.25, 0.3) is 0 Å². The van der Waals surface area contributed by atoms with E-state index in [2.05, 4.69) is 36.2 Å². The van der Waals surface area contributed by atoms with Crippen molar-refractivity contribution in [3.05, 3.63) is 70.5 Å². The van der Waals surface area contributed by atoms with Crippen molar-refractivity contribution in [2.75, 3.05) is 7.11 Å². The first-order valence-electron chi connectivity index (χ1n) is 12.9. The second kappa shape index (κ2) is 12.3. The van der Waals surface area contributed by atoms with E-state index < -0.39 is 5.97 Å². The quantitative estimate of drug-likeness (QED) is 0.292. The molecule has 0 amide bonds. The second-order valence-electron chi connectivity index (χ2n) is 9.75. The molecular weight excluding hydrogens is 486 g/mol. The molecule has 37 heavy (non-hydrogen) atoms. The van der Waals surface area contributed by atoms with E-state index in [1.807, 2.05) is 31.3 Å². The van der Waals surface area contributed by atoms with Crippen LogP contribution in [-0.4, -0.2) is 33.9 Å². The highest BCUT2D eigenvalue weighted by Gasteiger charge is 2.24. The Morgan fingerprint density at radius 2 is 1.86 bits per heavy atom. The van der Waals surface area contributed by atoms with Gasteiger partial charge in [0.05, 0.1) is 34.9 Å². The van der Waals surface area contributed by atoms with E-state index >= 15 is 0 Å². The normalized spacial score (nSPS) is 18.0. The molecule has 3 aromatic rings. The Morgan fingerprint density at radius 3 is 2.46 bits per heavy atom. The molecule has 0 saturated heterocycles. The molecule has 4 rings (SSSR count). The Kier molecular flexibility index (Phi) is 8.93. The molecule has 1 aromatic carbocycles. The molecule has 0 radical (unpaired) electrons. The first-order valence-corrected chi connectivity index (χ1v) is 13.3. The van der Waals surface area contributed by atoms with Crippen molar-refractivity contribution in [1.82, 2.24) is 9.97 Å². The van der Waals surface area contributed by atoms with Crippen molar-refractivity contribution in [2.45, 2.75) is 64.7 Å². The van der Waals surface area contributed by atoms with Crippen LogP contribution in [0.3, 0.4) is 0 Å². The van der Waals surface area contributed by atoms with Gasteiger partial charge in [-0.25, -0.2) is 4.98 Å². The van der Waals surface area contributed by atoms with Crippen LogP contribution in [0.5, 0.6) is 5.88 Å². The summed E-state index contributed by atoms with van der Waals surface area (Å²) in [6.07, 6.45) is 7.84. The van der Waals surface area contributed by atoms with Gasteiger partial charge in [0.15, 0.2) is 0 Å². The maximum atomic E-state index is 11.0. The van der Waals surface area contributed by atoms with E-state index in [9.17, 15) is 4.79 Å². The number of nitrogens with zero attached hydrogens (tertiary/aromatic N) is 3. The molecule has 1 aliphatic rings. The van der Waals surface area contributed by atoms with Crippen molar-refractivity contribution >= 4 is 29.0 Å². The molecule has 0 spiro atoms. The number of hydrogen-bond donors (Lipinski definition) is 1. The van der Waals surface area contributed by atoms with E-state index in [1.165, 1.54) is 5.56 Å². The monoisotopic (exact) mass is 519 g/mol. The standard InChI is InChI=1S/C30H34ClN3O3/c1-4-5-27(34-26-14-15-29(37-3)33-19(26)2)24-18-32-28(17-25(24)31)23-12-10-22(11-13-23)21-8-6-20(7-9-21)16-30(35)36/h10-15,17-18,20-21H,4-9,16H2,1-3H3,(H,35,36). The van der Waals surface area contributed by atoms with Gasteiger partial charge in [-0.2, -0.15) is 0 Å². The fourth-order valence-electron chi connectivity index (χ4n) is 5.07. The van der Waals surface area contributed by atoms with Crippen molar-refractivity contribution < 1.29 is 14.6 Å². The van der Waals surface area contributed by atoms with Gasteiger partial charge in [-0.1, -0.05) is 49.2 Å². The zero-order valence-electron chi connectivity index (χ0n) is 21.7. The van der Waals surface area contributed by atoms with Crippen LogP contribution >= 0.6 is 11.6 Å². The fraction of sp³-hybridized carbons (Fsp3) is 0.400. The molecule has 0 aliphatic heterocycles. The topological polar surface area (TPSA) is 84.7 Å². The van der Waals surface area contributed by atoms with E-state index in [1.54, 1.807) is 7.11 Å². The molecule has 1 saturated carbocycles. The zero-order valence-corrected chi connectivity index (χ0v) is 22.5. The Bertz CT molecular complexity index is 1270. The lowest BCUT2D eigenvalue weighted by molar-refractivity contribution is -0.138. The summed E-state index contributed by atoms with van der Waals surface area (Å²) in [6, 6.07) is 14.2. The first kappa shape index (κ1) is 26.8. The number of methoxy groups -OCH3 is 1. The lowest BCUT2D eigenvalue weighted by Gasteiger charge is -2.28. The van der Waals surface area contributed by atoms with Crippen LogP contribution in [0.1, 0.15) is 74.6 Å². The number of halogens is 1. The SMILES string of the molecule is CCCC(=Nc1ccc(OC)nc1C)c1cnc(-c2ccc(C3CCC(CC(=O)O)CC3)cc2)cc1Cl. The van der Waals surface area contributed by atoms with E-state index in [4.69, 9.17) is 31.4 Å². The minimum Gasteiger partial charge on any atom is -0.481 e. The third-order valence-electron chi connectivity index (χ3n) is 7.14. The van der Waals surface area contributed by atoms with E-state index in [0.717, 1.165) is 72.4 Å². The van der Waals surface area contributed by atoms with Crippen molar-refractivity contribution in [1.29, 1.82) is 0 Å². The summed E-state index contributed by atoms with van der Waals surface area (Å²) < 4.78 is 5.21. The zero-order chi connectivity index (χ0) is 26.4. The number of benzene rings is 1. The first-order chi connectivity index (χ1) is 17.9. The Labute approximate surface area is 223 Å². The van der Waals surface area contributed by atoms with Gasteiger partial charge in [-0.3, -0.25) is 14.8 Å². The largest absolute Gasteiger partial charge is 0.481 e. The molecule has 6 nitrogen and oxygen atoms in total. The predicted octanol–water partition coefficient (Wildman–Crippen LogP) is 7.78. The lowest BCUT2D eigenvalue weighted by Crippen LogP contribution is -2.16. The molecule has 0 atom stereocenters. The van der Waals surface area contributed by atoms with Crippen LogP contribution in [0.25, 0.3) is 11.3 Å². The summed E-state index contributed by atoms with van der Waals surface area (Å²) in [4.78, 5) is 25.0. The molecule has 194 valence electrons. The number of rotatable bonds is 9. The number of aromatic nitrogens is 2. The number of carbonyl (C=O) groups is 1. The molecule has 2 aromatic heterocycles. The third-order valence-corrected chi connectivity index (χ3v) is 7.45. The average molecular weight is 520 g/mol.